The van der Waals surface area contributed by atoms with Gasteiger partial charge in [-0.2, -0.15) is 14.5 Å². The van der Waals surface area contributed by atoms with Crippen LogP contribution >= 0.6 is 0 Å². The number of nitrogens with one attached hydrogen (secondary N) is 2. The molecule has 2 aliphatic rings. The van der Waals surface area contributed by atoms with Crippen molar-refractivity contribution < 1.29 is 9.53 Å². The topological polar surface area (TPSA) is 139 Å². The molecule has 1 fully saturated rings. The summed E-state index contributed by atoms with van der Waals surface area (Å²) in [7, 11) is 0. The van der Waals surface area contributed by atoms with Gasteiger partial charge in [0.05, 0.1) is 0 Å². The smallest absolute Gasteiger partial charge is 0.322 e. The predicted octanol–water partition coefficient (Wildman–Crippen LogP) is 4.96. The number of fused-ring (bicyclic) bond motifs is 2. The molecule has 7 rings (SSSR count). The van der Waals surface area contributed by atoms with Gasteiger partial charge < -0.3 is 30.9 Å². The standard InChI is InChI=1S/C30H30N10O2/c1-19-33-29(38-16-12-22(13-17-38)39-18-20-4-2-3-5-25(20)35-30(39)41)36-28-26(31)27(37-40(19)28)34-21-6-8-23(9-7-21)42-24-10-14-32-15-11-24/h2-11,14-15,22H,12-13,16-18,31H2,1H3,(H,34,37)(H,35,41). The van der Waals surface area contributed by atoms with Gasteiger partial charge in [-0.25, -0.2) is 4.79 Å². The van der Waals surface area contributed by atoms with Gasteiger partial charge in [0, 0.05) is 49.4 Å². The van der Waals surface area contributed by atoms with Gasteiger partial charge in [-0.15, -0.1) is 5.10 Å². The van der Waals surface area contributed by atoms with Gasteiger partial charge in [-0.1, -0.05) is 18.2 Å². The zero-order valence-corrected chi connectivity index (χ0v) is 23.1. The Balaban J connectivity index is 1.04. The van der Waals surface area contributed by atoms with E-state index in [-0.39, 0.29) is 12.1 Å². The van der Waals surface area contributed by atoms with Gasteiger partial charge in [-0.3, -0.25) is 4.98 Å². The molecule has 0 radical (unpaired) electrons. The second-order valence-electron chi connectivity index (χ2n) is 10.4. The Morgan fingerprint density at radius 3 is 2.50 bits per heavy atom. The van der Waals surface area contributed by atoms with Gasteiger partial charge in [-0.05, 0) is 67.8 Å². The molecule has 1 saturated heterocycles. The number of amides is 2. The Kier molecular flexibility index (Phi) is 6.42. The summed E-state index contributed by atoms with van der Waals surface area (Å²) in [5.74, 6) is 3.22. The second-order valence-corrected chi connectivity index (χ2v) is 10.4. The number of rotatable bonds is 6. The Bertz CT molecular complexity index is 1750. The zero-order chi connectivity index (χ0) is 28.6. The molecule has 12 heteroatoms. The highest BCUT2D eigenvalue weighted by Crippen LogP contribution is 2.31. The number of piperidine rings is 1. The number of carbonyl (C=O) groups is 1. The average Bonchev–Trinajstić information content (AvgIpc) is 3.33. The van der Waals surface area contributed by atoms with Crippen LogP contribution < -0.4 is 26.0 Å². The minimum atomic E-state index is -0.0383. The maximum atomic E-state index is 12.8. The van der Waals surface area contributed by atoms with Gasteiger partial charge >= 0.3 is 6.03 Å². The Hall–Kier alpha value is -5.39. The predicted molar refractivity (Wildman–Crippen MR) is 160 cm³/mol. The van der Waals surface area contributed by atoms with E-state index >= 15 is 0 Å². The lowest BCUT2D eigenvalue weighted by Gasteiger charge is -2.40. The second kappa shape index (κ2) is 10.5. The van der Waals surface area contributed by atoms with Crippen LogP contribution in [0.4, 0.5) is 33.6 Å². The average molecular weight is 563 g/mol. The molecule has 4 N–H and O–H groups in total. The maximum Gasteiger partial charge on any atom is 0.322 e. The summed E-state index contributed by atoms with van der Waals surface area (Å²) in [5.41, 5.74) is 10.4. The van der Waals surface area contributed by atoms with Gasteiger partial charge in [0.25, 0.3) is 0 Å². The maximum absolute atomic E-state index is 12.8. The lowest BCUT2D eigenvalue weighted by atomic mass is 10.0. The van der Waals surface area contributed by atoms with Crippen LogP contribution in [0.2, 0.25) is 0 Å². The SMILES string of the molecule is Cc1nc(N2CCC(N3Cc4ccccc4NC3=O)CC2)nc2c(N)c(Nc3ccc(Oc4ccncc4)cc3)nn12. The van der Waals surface area contributed by atoms with Crippen molar-refractivity contribution in [2.24, 2.45) is 0 Å². The van der Waals surface area contributed by atoms with Crippen molar-refractivity contribution in [3.63, 3.8) is 0 Å². The summed E-state index contributed by atoms with van der Waals surface area (Å²) in [5, 5.41) is 10.9. The van der Waals surface area contributed by atoms with Crippen molar-refractivity contribution in [1.29, 1.82) is 0 Å². The molecule has 5 heterocycles. The Morgan fingerprint density at radius 2 is 1.71 bits per heavy atom. The molecular weight excluding hydrogens is 532 g/mol. The number of aromatic nitrogens is 5. The molecule has 0 atom stereocenters. The van der Waals surface area contributed by atoms with Crippen LogP contribution in [0.25, 0.3) is 5.65 Å². The van der Waals surface area contributed by atoms with E-state index in [0.717, 1.165) is 42.9 Å². The first kappa shape index (κ1) is 25.6. The summed E-state index contributed by atoms with van der Waals surface area (Å²) in [6, 6.07) is 19.2. The lowest BCUT2D eigenvalue weighted by Crippen LogP contribution is -2.50. The van der Waals surface area contributed by atoms with E-state index in [1.165, 1.54) is 0 Å². The molecule has 3 aromatic heterocycles. The summed E-state index contributed by atoms with van der Waals surface area (Å²) in [4.78, 5) is 30.4. The van der Waals surface area contributed by atoms with Crippen LogP contribution in [0.5, 0.6) is 11.5 Å². The number of para-hydroxylation sites is 1. The summed E-state index contributed by atoms with van der Waals surface area (Å²) < 4.78 is 7.50. The van der Waals surface area contributed by atoms with Crippen molar-refractivity contribution in [2.75, 3.05) is 34.4 Å². The molecule has 212 valence electrons. The molecule has 12 nitrogen and oxygen atoms in total. The number of carbonyl (C=O) groups excluding carboxylic acids is 1. The zero-order valence-electron chi connectivity index (χ0n) is 23.1. The molecular formula is C30H30N10O2. The quantitative estimate of drug-likeness (QED) is 0.262. The number of hydrogen-bond acceptors (Lipinski definition) is 9. The third kappa shape index (κ3) is 4.87. The fourth-order valence-corrected chi connectivity index (χ4v) is 5.48. The number of nitrogens with zero attached hydrogens (tertiary/aromatic N) is 7. The summed E-state index contributed by atoms with van der Waals surface area (Å²) in [6.07, 6.45) is 5.02. The van der Waals surface area contributed by atoms with Crippen molar-refractivity contribution in [3.8, 4) is 11.5 Å². The monoisotopic (exact) mass is 562 g/mol. The molecule has 42 heavy (non-hydrogen) atoms. The Morgan fingerprint density at radius 1 is 0.976 bits per heavy atom. The van der Waals surface area contributed by atoms with E-state index in [1.54, 1.807) is 29.0 Å². The highest BCUT2D eigenvalue weighted by molar-refractivity contribution is 5.92. The van der Waals surface area contributed by atoms with E-state index in [1.807, 2.05) is 54.3 Å². The third-order valence-corrected chi connectivity index (χ3v) is 7.72. The first-order valence-corrected chi connectivity index (χ1v) is 13.9. The molecule has 2 amide bonds. The fraction of sp³-hybridized carbons (Fsp3) is 0.233. The van der Waals surface area contributed by atoms with Crippen molar-refractivity contribution in [3.05, 3.63) is 84.4 Å². The molecule has 0 spiro atoms. The molecule has 2 aliphatic heterocycles. The molecule has 0 aliphatic carbocycles. The van der Waals surface area contributed by atoms with Crippen LogP contribution in [0, 0.1) is 6.92 Å². The van der Waals surface area contributed by atoms with E-state index in [0.29, 0.717) is 47.0 Å². The number of nitrogens with two attached hydrogens (primary N) is 1. The number of pyridine rings is 1. The van der Waals surface area contributed by atoms with E-state index < -0.39 is 0 Å². The van der Waals surface area contributed by atoms with Crippen LogP contribution in [0.15, 0.2) is 73.1 Å². The molecule has 0 bridgehead atoms. The lowest BCUT2D eigenvalue weighted by molar-refractivity contribution is 0.167. The largest absolute Gasteiger partial charge is 0.457 e. The number of benzene rings is 2. The van der Waals surface area contributed by atoms with E-state index in [4.69, 9.17) is 20.4 Å². The van der Waals surface area contributed by atoms with Crippen molar-refractivity contribution in [1.82, 2.24) is 29.5 Å². The first-order valence-electron chi connectivity index (χ1n) is 13.9. The minimum Gasteiger partial charge on any atom is -0.457 e. The number of aryl methyl sites for hydroxylation is 1. The van der Waals surface area contributed by atoms with Gasteiger partial charge in [0.1, 0.15) is 23.0 Å². The number of urea groups is 1. The van der Waals surface area contributed by atoms with Crippen molar-refractivity contribution in [2.45, 2.75) is 32.4 Å². The Labute approximate surface area is 242 Å². The highest BCUT2D eigenvalue weighted by Gasteiger charge is 2.32. The highest BCUT2D eigenvalue weighted by atomic mass is 16.5. The number of ether oxygens (including phenoxy) is 1. The minimum absolute atomic E-state index is 0.0383. The fourth-order valence-electron chi connectivity index (χ4n) is 5.48. The van der Waals surface area contributed by atoms with Crippen LogP contribution in [0.3, 0.4) is 0 Å². The van der Waals surface area contributed by atoms with Crippen LogP contribution in [-0.4, -0.2) is 54.6 Å². The van der Waals surface area contributed by atoms with E-state index in [2.05, 4.69) is 31.7 Å². The molecule has 2 aromatic carbocycles. The molecule has 0 unspecified atom stereocenters. The van der Waals surface area contributed by atoms with E-state index in [9.17, 15) is 4.79 Å². The number of hydrogen-bond donors (Lipinski definition) is 3. The molecule has 0 saturated carbocycles. The number of nitrogen functional groups attached to an aromatic ring is 1. The number of anilines is 5. The van der Waals surface area contributed by atoms with Gasteiger partial charge in [0.2, 0.25) is 5.95 Å². The normalized spacial score (nSPS) is 15.4. The van der Waals surface area contributed by atoms with Gasteiger partial charge in [0.15, 0.2) is 11.5 Å². The summed E-state index contributed by atoms with van der Waals surface area (Å²) >= 11 is 0. The first-order chi connectivity index (χ1) is 20.5. The summed E-state index contributed by atoms with van der Waals surface area (Å²) in [6.45, 7) is 3.98. The van der Waals surface area contributed by atoms with Crippen LogP contribution in [-0.2, 0) is 6.54 Å². The molecule has 5 aromatic rings. The van der Waals surface area contributed by atoms with Crippen molar-refractivity contribution >= 4 is 40.5 Å². The third-order valence-electron chi connectivity index (χ3n) is 7.72. The van der Waals surface area contributed by atoms with Crippen LogP contribution in [0.1, 0.15) is 24.2 Å².